The molecule has 0 atom stereocenters. The zero-order valence-electron chi connectivity index (χ0n) is 11.4. The van der Waals surface area contributed by atoms with Crippen molar-refractivity contribution in [2.45, 2.75) is 39.0 Å². The van der Waals surface area contributed by atoms with E-state index in [-0.39, 0.29) is 23.0 Å². The number of hydrogen-bond donors (Lipinski definition) is 2. The largest absolute Gasteiger partial charge is 0.506 e. The van der Waals surface area contributed by atoms with E-state index in [4.69, 9.17) is 0 Å². The number of aromatic hydroxyl groups is 1. The third kappa shape index (κ3) is 2.59. The number of anilines is 1. The number of phenolic OH excluding ortho intramolecular Hbond substituents is 1. The number of carbonyl (C=O) groups is 1. The summed E-state index contributed by atoms with van der Waals surface area (Å²) in [7, 11) is 0. The highest BCUT2D eigenvalue weighted by Crippen LogP contribution is 2.42. The minimum absolute atomic E-state index is 0.101. The molecule has 1 aromatic carbocycles. The molecule has 2 N–H and O–H groups in total. The first-order valence-corrected chi connectivity index (χ1v) is 6.77. The Labute approximate surface area is 117 Å². The van der Waals surface area contributed by atoms with Crippen LogP contribution in [0.5, 0.6) is 5.75 Å². The van der Waals surface area contributed by atoms with Gasteiger partial charge < -0.3 is 10.4 Å². The van der Waals surface area contributed by atoms with Gasteiger partial charge in [0.05, 0.1) is 10.6 Å². The van der Waals surface area contributed by atoms with Crippen molar-refractivity contribution in [3.63, 3.8) is 0 Å². The summed E-state index contributed by atoms with van der Waals surface area (Å²) in [5.41, 5.74) is -0.462. The van der Waals surface area contributed by atoms with Gasteiger partial charge in [0.25, 0.3) is 5.69 Å². The number of nitro groups is 1. The second-order valence-electron chi connectivity index (χ2n) is 5.25. The molecule has 2 rings (SSSR count). The van der Waals surface area contributed by atoms with Crippen molar-refractivity contribution >= 4 is 17.3 Å². The molecule has 1 aliphatic rings. The van der Waals surface area contributed by atoms with Crippen molar-refractivity contribution in [1.82, 2.24) is 0 Å². The number of benzene rings is 1. The van der Waals surface area contributed by atoms with Crippen molar-refractivity contribution in [2.75, 3.05) is 5.32 Å². The number of rotatable bonds is 4. The zero-order chi connectivity index (χ0) is 14.8. The number of nitro benzene ring substituents is 1. The van der Waals surface area contributed by atoms with Gasteiger partial charge in [0, 0.05) is 17.5 Å². The SMILES string of the molecule is CCC1(C(=O)Nc2cc([N+](=O)[O-])ccc2O)CCCC1. The quantitative estimate of drug-likeness (QED) is 0.502. The van der Waals surface area contributed by atoms with Crippen LogP contribution in [0.2, 0.25) is 0 Å². The number of nitrogens with one attached hydrogen (secondary N) is 1. The topological polar surface area (TPSA) is 92.5 Å². The second kappa shape index (κ2) is 5.48. The van der Waals surface area contributed by atoms with Gasteiger partial charge in [-0.2, -0.15) is 0 Å². The fraction of sp³-hybridized carbons (Fsp3) is 0.500. The summed E-state index contributed by atoms with van der Waals surface area (Å²) in [6.07, 6.45) is 4.41. The van der Waals surface area contributed by atoms with E-state index in [0.717, 1.165) is 32.1 Å². The average Bonchev–Trinajstić information content (AvgIpc) is 2.91. The molecule has 0 spiro atoms. The number of hydrogen-bond acceptors (Lipinski definition) is 4. The molecule has 0 heterocycles. The Morgan fingerprint density at radius 1 is 1.45 bits per heavy atom. The molecular formula is C14H18N2O4. The lowest BCUT2D eigenvalue weighted by molar-refractivity contribution is -0.384. The minimum Gasteiger partial charge on any atom is -0.506 e. The van der Waals surface area contributed by atoms with Gasteiger partial charge >= 0.3 is 0 Å². The van der Waals surface area contributed by atoms with Gasteiger partial charge in [-0.25, -0.2) is 0 Å². The lowest BCUT2D eigenvalue weighted by atomic mass is 9.82. The molecule has 0 saturated heterocycles. The van der Waals surface area contributed by atoms with E-state index in [0.29, 0.717) is 0 Å². The molecule has 0 bridgehead atoms. The summed E-state index contributed by atoms with van der Waals surface area (Å²) in [5.74, 6) is -0.318. The summed E-state index contributed by atoms with van der Waals surface area (Å²) in [6, 6.07) is 3.61. The predicted molar refractivity (Wildman–Crippen MR) is 74.6 cm³/mol. The van der Waals surface area contributed by atoms with Crippen molar-refractivity contribution in [1.29, 1.82) is 0 Å². The van der Waals surface area contributed by atoms with E-state index in [9.17, 15) is 20.0 Å². The van der Waals surface area contributed by atoms with Crippen molar-refractivity contribution in [3.05, 3.63) is 28.3 Å². The maximum absolute atomic E-state index is 12.4. The van der Waals surface area contributed by atoms with Gasteiger partial charge in [-0.3, -0.25) is 14.9 Å². The van der Waals surface area contributed by atoms with Crippen LogP contribution < -0.4 is 5.32 Å². The number of nitrogens with zero attached hydrogens (tertiary/aromatic N) is 1. The van der Waals surface area contributed by atoms with E-state index in [1.165, 1.54) is 18.2 Å². The van der Waals surface area contributed by atoms with Crippen LogP contribution in [0.25, 0.3) is 0 Å². The first kappa shape index (κ1) is 14.3. The number of carbonyl (C=O) groups excluding carboxylic acids is 1. The summed E-state index contributed by atoms with van der Waals surface area (Å²) < 4.78 is 0. The highest BCUT2D eigenvalue weighted by atomic mass is 16.6. The first-order chi connectivity index (χ1) is 9.48. The Balaban J connectivity index is 2.23. The smallest absolute Gasteiger partial charge is 0.271 e. The molecule has 108 valence electrons. The number of amides is 1. The van der Waals surface area contributed by atoms with Crippen LogP contribution in [0.3, 0.4) is 0 Å². The number of non-ortho nitro benzene ring substituents is 1. The Morgan fingerprint density at radius 2 is 2.10 bits per heavy atom. The fourth-order valence-electron chi connectivity index (χ4n) is 2.79. The standard InChI is InChI=1S/C14H18N2O4/c1-2-14(7-3-4-8-14)13(18)15-11-9-10(16(19)20)5-6-12(11)17/h5-6,9,17H,2-4,7-8H2,1H3,(H,15,18). The van der Waals surface area contributed by atoms with Crippen LogP contribution in [0.4, 0.5) is 11.4 Å². The molecule has 1 aliphatic carbocycles. The summed E-state index contributed by atoms with van der Waals surface area (Å²) in [6.45, 7) is 1.97. The van der Waals surface area contributed by atoms with Crippen LogP contribution in [-0.4, -0.2) is 15.9 Å². The van der Waals surface area contributed by atoms with E-state index in [1.807, 2.05) is 6.92 Å². The second-order valence-corrected chi connectivity index (χ2v) is 5.25. The van der Waals surface area contributed by atoms with Crippen LogP contribution in [-0.2, 0) is 4.79 Å². The maximum Gasteiger partial charge on any atom is 0.271 e. The molecule has 0 aliphatic heterocycles. The van der Waals surface area contributed by atoms with Gasteiger partial charge in [0.2, 0.25) is 5.91 Å². The molecule has 1 fully saturated rings. The van der Waals surface area contributed by atoms with Crippen LogP contribution in [0.1, 0.15) is 39.0 Å². The zero-order valence-corrected chi connectivity index (χ0v) is 11.4. The Hall–Kier alpha value is -2.11. The molecule has 1 amide bonds. The van der Waals surface area contributed by atoms with E-state index in [1.54, 1.807) is 0 Å². The monoisotopic (exact) mass is 278 g/mol. The normalized spacial score (nSPS) is 16.9. The van der Waals surface area contributed by atoms with Gasteiger partial charge in [-0.15, -0.1) is 0 Å². The van der Waals surface area contributed by atoms with Gasteiger partial charge in [0.15, 0.2) is 0 Å². The van der Waals surface area contributed by atoms with Crippen molar-refractivity contribution in [3.8, 4) is 5.75 Å². The van der Waals surface area contributed by atoms with Crippen LogP contribution >= 0.6 is 0 Å². The highest BCUT2D eigenvalue weighted by Gasteiger charge is 2.39. The van der Waals surface area contributed by atoms with E-state index >= 15 is 0 Å². The van der Waals surface area contributed by atoms with Crippen molar-refractivity contribution in [2.24, 2.45) is 5.41 Å². The lowest BCUT2D eigenvalue weighted by Crippen LogP contribution is -2.33. The minimum atomic E-state index is -0.555. The van der Waals surface area contributed by atoms with E-state index in [2.05, 4.69) is 5.32 Å². The first-order valence-electron chi connectivity index (χ1n) is 6.77. The maximum atomic E-state index is 12.4. The molecule has 6 heteroatoms. The molecule has 0 radical (unpaired) electrons. The highest BCUT2D eigenvalue weighted by molar-refractivity contribution is 5.97. The molecular weight excluding hydrogens is 260 g/mol. The third-order valence-electron chi connectivity index (χ3n) is 4.16. The van der Waals surface area contributed by atoms with Crippen molar-refractivity contribution < 1.29 is 14.8 Å². The molecule has 0 unspecified atom stereocenters. The Morgan fingerprint density at radius 3 is 2.65 bits per heavy atom. The van der Waals surface area contributed by atoms with Gasteiger partial charge in [-0.05, 0) is 25.3 Å². The van der Waals surface area contributed by atoms with Crippen LogP contribution in [0.15, 0.2) is 18.2 Å². The summed E-state index contributed by atoms with van der Waals surface area (Å²) >= 11 is 0. The summed E-state index contributed by atoms with van der Waals surface area (Å²) in [5, 5.41) is 23.1. The fourth-order valence-corrected chi connectivity index (χ4v) is 2.79. The van der Waals surface area contributed by atoms with Gasteiger partial charge in [0.1, 0.15) is 5.75 Å². The predicted octanol–water partition coefficient (Wildman–Crippen LogP) is 3.21. The average molecular weight is 278 g/mol. The van der Waals surface area contributed by atoms with Crippen LogP contribution in [0, 0.1) is 15.5 Å². The lowest BCUT2D eigenvalue weighted by Gasteiger charge is -2.26. The van der Waals surface area contributed by atoms with Gasteiger partial charge in [-0.1, -0.05) is 19.8 Å². The third-order valence-corrected chi connectivity index (χ3v) is 4.16. The molecule has 1 saturated carbocycles. The molecule has 1 aromatic rings. The molecule has 6 nitrogen and oxygen atoms in total. The Kier molecular flexibility index (Phi) is 3.92. The Bertz CT molecular complexity index is 536. The molecule has 0 aromatic heterocycles. The van der Waals surface area contributed by atoms with E-state index < -0.39 is 10.3 Å². The summed E-state index contributed by atoms with van der Waals surface area (Å²) in [4.78, 5) is 22.6. The number of phenols is 1. The molecule has 20 heavy (non-hydrogen) atoms.